The molecule has 1 fully saturated rings. The van der Waals surface area contributed by atoms with E-state index < -0.39 is 9.84 Å². The lowest BCUT2D eigenvalue weighted by molar-refractivity contribution is 0.228. The van der Waals surface area contributed by atoms with E-state index in [4.69, 9.17) is 4.74 Å². The van der Waals surface area contributed by atoms with Crippen LogP contribution < -0.4 is 15.4 Å². The van der Waals surface area contributed by atoms with E-state index >= 15 is 0 Å². The van der Waals surface area contributed by atoms with Crippen molar-refractivity contribution in [2.45, 2.75) is 32.4 Å². The molecule has 1 heterocycles. The summed E-state index contributed by atoms with van der Waals surface area (Å²) in [4.78, 5) is 4.51. The van der Waals surface area contributed by atoms with Gasteiger partial charge in [-0.3, -0.25) is 0 Å². The Kier molecular flexibility index (Phi) is 6.91. The minimum atomic E-state index is -2.91. The van der Waals surface area contributed by atoms with Gasteiger partial charge in [-0.15, -0.1) is 0 Å². The van der Waals surface area contributed by atoms with E-state index in [1.54, 1.807) is 0 Å². The van der Waals surface area contributed by atoms with Gasteiger partial charge in [-0.1, -0.05) is 12.1 Å². The van der Waals surface area contributed by atoms with Crippen LogP contribution in [0.4, 0.5) is 0 Å². The first-order valence-corrected chi connectivity index (χ1v) is 10.7. The Morgan fingerprint density at radius 3 is 2.83 bits per heavy atom. The smallest absolute Gasteiger partial charge is 0.191 e. The first kappa shape index (κ1) is 19.1. The lowest BCUT2D eigenvalue weighted by Gasteiger charge is -2.18. The molecule has 1 saturated heterocycles. The minimum Gasteiger partial charge on any atom is -0.488 e. The minimum absolute atomic E-state index is 0.0766. The quantitative estimate of drug-likeness (QED) is 0.546. The predicted octanol–water partition coefficient (Wildman–Crippen LogP) is 1.96. The van der Waals surface area contributed by atoms with E-state index in [2.05, 4.69) is 31.6 Å². The van der Waals surface area contributed by atoms with Crippen molar-refractivity contribution in [3.05, 3.63) is 28.7 Å². The van der Waals surface area contributed by atoms with Gasteiger partial charge < -0.3 is 15.4 Å². The predicted molar refractivity (Wildman–Crippen MR) is 100 cm³/mol. The van der Waals surface area contributed by atoms with Gasteiger partial charge in [0.25, 0.3) is 0 Å². The van der Waals surface area contributed by atoms with Crippen molar-refractivity contribution < 1.29 is 13.2 Å². The van der Waals surface area contributed by atoms with Crippen molar-refractivity contribution >= 4 is 31.7 Å². The topological polar surface area (TPSA) is 79.8 Å². The molecule has 1 aromatic carbocycles. The highest BCUT2D eigenvalue weighted by atomic mass is 79.9. The summed E-state index contributed by atoms with van der Waals surface area (Å²) < 4.78 is 29.9. The van der Waals surface area contributed by atoms with Crippen molar-refractivity contribution in [1.29, 1.82) is 0 Å². The number of guanidine groups is 1. The van der Waals surface area contributed by atoms with Crippen LogP contribution in [0.2, 0.25) is 0 Å². The van der Waals surface area contributed by atoms with Gasteiger partial charge >= 0.3 is 0 Å². The maximum Gasteiger partial charge on any atom is 0.191 e. The number of hydrogen-bond acceptors (Lipinski definition) is 4. The van der Waals surface area contributed by atoms with Crippen LogP contribution in [0.3, 0.4) is 0 Å². The second-order valence-electron chi connectivity index (χ2n) is 5.82. The molecule has 0 saturated carbocycles. The summed E-state index contributed by atoms with van der Waals surface area (Å²) in [6.45, 7) is 5.11. The second kappa shape index (κ2) is 8.71. The molecule has 2 atom stereocenters. The molecule has 134 valence electrons. The summed E-state index contributed by atoms with van der Waals surface area (Å²) in [6.07, 6.45) is 0.516. The number of benzene rings is 1. The molecule has 0 aromatic heterocycles. The van der Waals surface area contributed by atoms with Crippen molar-refractivity contribution in [2.24, 2.45) is 4.99 Å². The van der Waals surface area contributed by atoms with E-state index in [1.165, 1.54) is 0 Å². The normalized spacial score (nSPS) is 21.3. The average Bonchev–Trinajstić information content (AvgIpc) is 2.86. The van der Waals surface area contributed by atoms with Gasteiger partial charge in [0.15, 0.2) is 15.8 Å². The van der Waals surface area contributed by atoms with Crippen molar-refractivity contribution in [2.75, 3.05) is 24.6 Å². The molecule has 0 amide bonds. The zero-order valence-corrected chi connectivity index (χ0v) is 16.4. The fourth-order valence-electron chi connectivity index (χ4n) is 2.44. The van der Waals surface area contributed by atoms with E-state index in [0.29, 0.717) is 25.5 Å². The van der Waals surface area contributed by atoms with Crippen molar-refractivity contribution in [1.82, 2.24) is 10.6 Å². The van der Waals surface area contributed by atoms with Gasteiger partial charge in [-0.05, 0) is 48.3 Å². The highest BCUT2D eigenvalue weighted by molar-refractivity contribution is 9.10. The Morgan fingerprint density at radius 2 is 2.21 bits per heavy atom. The zero-order chi connectivity index (χ0) is 17.6. The number of rotatable bonds is 6. The zero-order valence-electron chi connectivity index (χ0n) is 14.0. The molecule has 1 aliphatic heterocycles. The number of nitrogens with one attached hydrogen (secondary N) is 2. The van der Waals surface area contributed by atoms with Crippen LogP contribution in [0.5, 0.6) is 5.75 Å². The molecule has 2 rings (SSSR count). The molecule has 1 aliphatic rings. The van der Waals surface area contributed by atoms with Crippen LogP contribution in [0.15, 0.2) is 33.7 Å². The van der Waals surface area contributed by atoms with Crippen LogP contribution in [-0.2, 0) is 9.84 Å². The summed E-state index contributed by atoms with van der Waals surface area (Å²) in [5, 5.41) is 6.34. The Bertz CT molecular complexity index is 679. The van der Waals surface area contributed by atoms with E-state index in [-0.39, 0.29) is 23.7 Å². The maximum atomic E-state index is 11.6. The molecule has 8 heteroatoms. The largest absolute Gasteiger partial charge is 0.488 e. The van der Waals surface area contributed by atoms with Gasteiger partial charge in [-0.25, -0.2) is 13.4 Å². The first-order chi connectivity index (χ1) is 11.4. The van der Waals surface area contributed by atoms with E-state index in [9.17, 15) is 8.42 Å². The third-order valence-corrected chi connectivity index (χ3v) is 6.01. The average molecular weight is 418 g/mol. The molecule has 24 heavy (non-hydrogen) atoms. The van der Waals surface area contributed by atoms with Gasteiger partial charge in [0, 0.05) is 12.6 Å². The van der Waals surface area contributed by atoms with E-state index in [0.717, 1.165) is 10.2 Å². The second-order valence-corrected chi connectivity index (χ2v) is 8.91. The van der Waals surface area contributed by atoms with E-state index in [1.807, 2.05) is 38.1 Å². The molecule has 0 aliphatic carbocycles. The maximum absolute atomic E-state index is 11.6. The van der Waals surface area contributed by atoms with Crippen LogP contribution in [0, 0.1) is 0 Å². The summed E-state index contributed by atoms with van der Waals surface area (Å²) in [7, 11) is -2.91. The molecule has 0 bridgehead atoms. The summed E-state index contributed by atoms with van der Waals surface area (Å²) in [6, 6.07) is 7.60. The molecule has 6 nitrogen and oxygen atoms in total. The van der Waals surface area contributed by atoms with Crippen LogP contribution >= 0.6 is 15.9 Å². The molecule has 0 radical (unpaired) electrons. The van der Waals surface area contributed by atoms with Crippen molar-refractivity contribution in [3.63, 3.8) is 0 Å². The Morgan fingerprint density at radius 1 is 1.46 bits per heavy atom. The third-order valence-electron chi connectivity index (χ3n) is 3.59. The number of aliphatic imine (C=N–C) groups is 1. The lowest BCUT2D eigenvalue weighted by atomic mass is 10.3. The van der Waals surface area contributed by atoms with Gasteiger partial charge in [0.05, 0.1) is 22.5 Å². The number of hydrogen-bond donors (Lipinski definition) is 2. The Balaban J connectivity index is 1.91. The Labute approximate surface area is 152 Å². The molecular weight excluding hydrogens is 394 g/mol. The fourth-order valence-corrected chi connectivity index (χ4v) is 4.49. The number of nitrogens with zero attached hydrogens (tertiary/aromatic N) is 1. The highest BCUT2D eigenvalue weighted by Gasteiger charge is 2.28. The summed E-state index contributed by atoms with van der Waals surface area (Å²) in [5.74, 6) is 1.81. The third kappa shape index (κ3) is 5.98. The molecule has 1 aromatic rings. The number of sulfone groups is 1. The van der Waals surface area contributed by atoms with Crippen LogP contribution in [0.25, 0.3) is 0 Å². The molecule has 2 unspecified atom stereocenters. The van der Waals surface area contributed by atoms with Gasteiger partial charge in [0.2, 0.25) is 0 Å². The lowest BCUT2D eigenvalue weighted by Crippen LogP contribution is -2.44. The van der Waals surface area contributed by atoms with Crippen LogP contribution in [0.1, 0.15) is 20.3 Å². The summed E-state index contributed by atoms with van der Waals surface area (Å²) in [5.41, 5.74) is 0. The fraction of sp³-hybridized carbons (Fsp3) is 0.562. The number of para-hydroxylation sites is 1. The highest BCUT2D eigenvalue weighted by Crippen LogP contribution is 2.24. The first-order valence-electron chi connectivity index (χ1n) is 8.06. The monoisotopic (exact) mass is 417 g/mol. The van der Waals surface area contributed by atoms with Crippen molar-refractivity contribution in [3.8, 4) is 5.75 Å². The molecule has 0 spiro atoms. The summed E-state index contributed by atoms with van der Waals surface area (Å²) >= 11 is 3.46. The molecule has 2 N–H and O–H groups in total. The molecular formula is C16H24BrN3O3S. The van der Waals surface area contributed by atoms with Crippen LogP contribution in [-0.4, -0.2) is 51.1 Å². The number of halogens is 1. The van der Waals surface area contributed by atoms with Gasteiger partial charge in [0.1, 0.15) is 11.9 Å². The standard InChI is InChI=1S/C16H24BrN3O3S/c1-3-18-16(20-13-8-9-24(21,22)11-13)19-10-12(2)23-15-7-5-4-6-14(15)17/h4-7,12-13H,3,8-11H2,1-2H3,(H2,18,19,20). The number of ether oxygens (including phenoxy) is 1. The Hall–Kier alpha value is -1.28. The SMILES string of the molecule is CCNC(=NCC(C)Oc1ccccc1Br)NC1CCS(=O)(=O)C1. The van der Waals surface area contributed by atoms with Gasteiger partial charge in [-0.2, -0.15) is 0 Å².